The largest absolute Gasteiger partial charge is 0.481 e. The zero-order chi connectivity index (χ0) is 23.1. The van der Waals surface area contributed by atoms with Crippen molar-refractivity contribution in [2.75, 3.05) is 0 Å². The lowest BCUT2D eigenvalue weighted by Gasteiger charge is -2.07. The van der Waals surface area contributed by atoms with Crippen LogP contribution >= 0.6 is 0 Å². The summed E-state index contributed by atoms with van der Waals surface area (Å²) in [6.45, 7) is 7.78. The number of carboxylic acids is 1. The Hall–Kier alpha value is -3.92. The molecule has 3 aromatic rings. The molecule has 0 fully saturated rings. The number of carboxylic acid groups (broad SMARTS) is 1. The number of nitrogens with zero attached hydrogens (tertiary/aromatic N) is 1. The molecule has 0 unspecified atom stereocenters. The third kappa shape index (κ3) is 5.41. The number of hydrogen-bond acceptors (Lipinski definition) is 2. The van der Waals surface area contributed by atoms with Gasteiger partial charge in [0.1, 0.15) is 0 Å². The van der Waals surface area contributed by atoms with Gasteiger partial charge >= 0.3 is 5.97 Å². The summed E-state index contributed by atoms with van der Waals surface area (Å²) in [6.07, 6.45) is 13.1. The summed E-state index contributed by atoms with van der Waals surface area (Å²) in [7, 11) is 0. The van der Waals surface area contributed by atoms with Gasteiger partial charge in [0.05, 0.1) is 5.52 Å². The molecule has 2 aromatic carbocycles. The monoisotopic (exact) mass is 424 g/mol. The van der Waals surface area contributed by atoms with Gasteiger partial charge in [0.25, 0.3) is 0 Å². The molecule has 0 spiro atoms. The Balaban J connectivity index is 0.000000523. The van der Waals surface area contributed by atoms with Crippen molar-refractivity contribution in [3.63, 3.8) is 0 Å². The number of hydrogen-bond donors (Lipinski definition) is 2. The first kappa shape index (κ1) is 22.8. The standard InChI is InChI=1S/C25H22N2.C3H6O2/c1-18-9-3-6-12-21(15-18)27-17-23(22-13-7-8-14-25(22)27)24(26)16-20-11-5-4-10-19(20)2;1-2-3(4)5/h3-15,17,26H,1,16H2,2H3;2H2,1H3,(H,4,5). The minimum absolute atomic E-state index is 0.222. The van der Waals surface area contributed by atoms with E-state index in [9.17, 15) is 4.79 Å². The van der Waals surface area contributed by atoms with Crippen molar-refractivity contribution in [3.05, 3.63) is 114 Å². The maximum atomic E-state index is 9.37. The van der Waals surface area contributed by atoms with E-state index in [1.165, 1.54) is 11.1 Å². The molecular weight excluding hydrogens is 396 g/mol. The highest BCUT2D eigenvalue weighted by Crippen LogP contribution is 2.27. The van der Waals surface area contributed by atoms with Gasteiger partial charge in [-0.2, -0.15) is 0 Å². The normalized spacial score (nSPS) is 12.7. The quantitative estimate of drug-likeness (QED) is 0.455. The van der Waals surface area contributed by atoms with Gasteiger partial charge in [0, 0.05) is 41.4 Å². The Kier molecular flexibility index (Phi) is 7.40. The number of fused-ring (bicyclic) bond motifs is 1. The van der Waals surface area contributed by atoms with Crippen molar-refractivity contribution in [3.8, 4) is 0 Å². The van der Waals surface area contributed by atoms with E-state index in [1.54, 1.807) is 6.92 Å². The van der Waals surface area contributed by atoms with Gasteiger partial charge in [0.15, 0.2) is 0 Å². The molecule has 0 amide bonds. The third-order valence-electron chi connectivity index (χ3n) is 5.27. The van der Waals surface area contributed by atoms with Crippen LogP contribution in [-0.2, 0) is 11.2 Å². The molecule has 1 aliphatic rings. The van der Waals surface area contributed by atoms with Gasteiger partial charge in [-0.15, -0.1) is 0 Å². The lowest BCUT2D eigenvalue weighted by molar-refractivity contribution is -0.136. The summed E-state index contributed by atoms with van der Waals surface area (Å²) < 4.78 is 2.16. The van der Waals surface area contributed by atoms with Crippen LogP contribution in [0.25, 0.3) is 16.6 Å². The van der Waals surface area contributed by atoms with Crippen molar-refractivity contribution < 1.29 is 9.90 Å². The van der Waals surface area contributed by atoms with Gasteiger partial charge in [-0.1, -0.05) is 74.2 Å². The molecule has 4 heteroatoms. The van der Waals surface area contributed by atoms with Gasteiger partial charge < -0.3 is 15.1 Å². The fourth-order valence-corrected chi connectivity index (χ4v) is 3.50. The van der Waals surface area contributed by atoms with Crippen molar-refractivity contribution >= 4 is 28.3 Å². The molecular formula is C28H28N2O2. The number of para-hydroxylation sites is 1. The first-order valence-electron chi connectivity index (χ1n) is 10.6. The second-order valence-corrected chi connectivity index (χ2v) is 7.62. The molecule has 162 valence electrons. The summed E-state index contributed by atoms with van der Waals surface area (Å²) in [5.74, 6) is -0.745. The summed E-state index contributed by atoms with van der Waals surface area (Å²) in [5.41, 5.74) is 7.15. The molecule has 1 aromatic heterocycles. The average molecular weight is 425 g/mol. The number of aromatic nitrogens is 1. The lowest BCUT2D eigenvalue weighted by Crippen LogP contribution is -2.04. The van der Waals surface area contributed by atoms with E-state index in [-0.39, 0.29) is 6.42 Å². The Labute approximate surface area is 189 Å². The minimum Gasteiger partial charge on any atom is -0.481 e. The van der Waals surface area contributed by atoms with Crippen molar-refractivity contribution in [2.24, 2.45) is 0 Å². The van der Waals surface area contributed by atoms with Crippen LogP contribution in [0, 0.1) is 12.3 Å². The molecule has 1 heterocycles. The smallest absolute Gasteiger partial charge is 0.303 e. The Bertz CT molecular complexity index is 1260. The van der Waals surface area contributed by atoms with E-state index >= 15 is 0 Å². The molecule has 2 N–H and O–H groups in total. The predicted molar refractivity (Wildman–Crippen MR) is 133 cm³/mol. The van der Waals surface area contributed by atoms with Gasteiger partial charge in [-0.3, -0.25) is 4.79 Å². The summed E-state index contributed by atoms with van der Waals surface area (Å²) in [4.78, 5) is 9.37. The second-order valence-electron chi connectivity index (χ2n) is 7.62. The Morgan fingerprint density at radius 2 is 1.72 bits per heavy atom. The minimum atomic E-state index is -0.745. The van der Waals surface area contributed by atoms with E-state index in [2.05, 4.69) is 60.7 Å². The fourth-order valence-electron chi connectivity index (χ4n) is 3.50. The van der Waals surface area contributed by atoms with Crippen molar-refractivity contribution in [1.29, 1.82) is 5.41 Å². The number of carbonyl (C=O) groups is 1. The van der Waals surface area contributed by atoms with E-state index in [0.717, 1.165) is 27.7 Å². The summed E-state index contributed by atoms with van der Waals surface area (Å²) in [6, 6.07) is 16.6. The molecule has 0 radical (unpaired) electrons. The highest BCUT2D eigenvalue weighted by atomic mass is 16.4. The van der Waals surface area contributed by atoms with Crippen LogP contribution in [0.2, 0.25) is 0 Å². The maximum Gasteiger partial charge on any atom is 0.303 e. The van der Waals surface area contributed by atoms with E-state index in [4.69, 9.17) is 10.5 Å². The molecule has 0 atom stereocenters. The first-order chi connectivity index (χ1) is 15.4. The van der Waals surface area contributed by atoms with E-state index in [1.807, 2.05) is 42.5 Å². The topological polar surface area (TPSA) is 66.1 Å². The zero-order valence-corrected chi connectivity index (χ0v) is 18.5. The Morgan fingerprint density at radius 3 is 2.44 bits per heavy atom. The molecule has 0 saturated heterocycles. The molecule has 0 bridgehead atoms. The van der Waals surface area contributed by atoms with E-state index in [0.29, 0.717) is 12.1 Å². The lowest BCUT2D eigenvalue weighted by atomic mass is 9.99. The number of allylic oxidation sites excluding steroid dienone is 7. The molecule has 32 heavy (non-hydrogen) atoms. The summed E-state index contributed by atoms with van der Waals surface area (Å²) in [5, 5.41) is 17.6. The van der Waals surface area contributed by atoms with Gasteiger partial charge in [0.2, 0.25) is 0 Å². The zero-order valence-electron chi connectivity index (χ0n) is 18.5. The van der Waals surface area contributed by atoms with Crippen LogP contribution in [-0.4, -0.2) is 21.4 Å². The van der Waals surface area contributed by atoms with Crippen molar-refractivity contribution in [1.82, 2.24) is 4.57 Å². The van der Waals surface area contributed by atoms with Crippen LogP contribution in [0.1, 0.15) is 30.0 Å². The second kappa shape index (κ2) is 10.4. The third-order valence-corrected chi connectivity index (χ3v) is 5.27. The molecule has 4 rings (SSSR count). The SMILES string of the molecule is C=C1C=CC=CC(n2cc(C(=N)Cc3ccccc3C)c3ccccc32)=C1.CCC(=O)O. The van der Waals surface area contributed by atoms with Crippen LogP contribution in [0.3, 0.4) is 0 Å². The maximum absolute atomic E-state index is 9.37. The van der Waals surface area contributed by atoms with Crippen molar-refractivity contribution in [2.45, 2.75) is 26.7 Å². The average Bonchev–Trinajstić information content (AvgIpc) is 3.04. The fraction of sp³-hybridized carbons (Fsp3) is 0.143. The summed E-state index contributed by atoms with van der Waals surface area (Å²) >= 11 is 0. The van der Waals surface area contributed by atoms with Crippen LogP contribution in [0.15, 0.2) is 97.3 Å². The molecule has 0 aliphatic heterocycles. The molecule has 0 saturated carbocycles. The number of rotatable bonds is 5. The molecule has 1 aliphatic carbocycles. The van der Waals surface area contributed by atoms with E-state index < -0.39 is 5.97 Å². The van der Waals surface area contributed by atoms with Crippen LogP contribution in [0.5, 0.6) is 0 Å². The number of nitrogens with one attached hydrogen (secondary N) is 1. The molecule has 4 nitrogen and oxygen atoms in total. The Morgan fingerprint density at radius 1 is 1.06 bits per heavy atom. The predicted octanol–water partition coefficient (Wildman–Crippen LogP) is 6.56. The number of aryl methyl sites for hydroxylation is 1. The van der Waals surface area contributed by atoms with Crippen LogP contribution in [0.4, 0.5) is 0 Å². The number of benzene rings is 2. The number of aliphatic carboxylic acids is 1. The van der Waals surface area contributed by atoms with Gasteiger partial charge in [-0.05, 0) is 41.8 Å². The van der Waals surface area contributed by atoms with Crippen LogP contribution < -0.4 is 0 Å². The highest BCUT2D eigenvalue weighted by molar-refractivity contribution is 6.11. The van der Waals surface area contributed by atoms with Gasteiger partial charge in [-0.25, -0.2) is 0 Å². The first-order valence-corrected chi connectivity index (χ1v) is 10.6. The highest BCUT2D eigenvalue weighted by Gasteiger charge is 2.15.